The number of rotatable bonds is 10. The monoisotopic (exact) mass is 492 g/mol. The van der Waals surface area contributed by atoms with Gasteiger partial charge in [0.2, 0.25) is 0 Å². The molecule has 2 nitrogen and oxygen atoms in total. The maximum absolute atomic E-state index is 11.5. The molecule has 0 fully saturated rings. The Morgan fingerprint density at radius 1 is 0.735 bits per heavy atom. The van der Waals surface area contributed by atoms with Gasteiger partial charge in [-0.3, -0.25) is 0 Å². The van der Waals surface area contributed by atoms with Crippen molar-refractivity contribution in [3.8, 4) is 11.5 Å². The van der Waals surface area contributed by atoms with Gasteiger partial charge in [-0.05, 0) is 98.9 Å². The second kappa shape index (κ2) is 12.0. The molecule has 0 unspecified atom stereocenters. The van der Waals surface area contributed by atoms with Crippen molar-refractivity contribution in [2.24, 2.45) is 0 Å². The first-order valence-corrected chi connectivity index (χ1v) is 16.9. The predicted octanol–water partition coefficient (Wildman–Crippen LogP) is 5.86. The van der Waals surface area contributed by atoms with Crippen molar-refractivity contribution >= 4 is 32.5 Å². The van der Waals surface area contributed by atoms with E-state index in [0.717, 1.165) is 60.3 Å². The highest BCUT2D eigenvalue weighted by molar-refractivity contribution is 7.99. The molecule has 0 heterocycles. The van der Waals surface area contributed by atoms with Crippen LogP contribution in [0.3, 0.4) is 0 Å². The van der Waals surface area contributed by atoms with E-state index in [1.807, 2.05) is 0 Å². The van der Waals surface area contributed by atoms with Crippen molar-refractivity contribution in [2.45, 2.75) is 80.1 Å². The summed E-state index contributed by atoms with van der Waals surface area (Å²) in [6, 6.07) is 15.2. The summed E-state index contributed by atoms with van der Waals surface area (Å²) < 4.78 is 0. The molecule has 0 atom stereocenters. The summed E-state index contributed by atoms with van der Waals surface area (Å²) in [6.45, 7) is 13.0. The van der Waals surface area contributed by atoms with Gasteiger partial charge in [0.1, 0.15) is 11.5 Å². The molecule has 0 aliphatic carbocycles. The highest BCUT2D eigenvalue weighted by Gasteiger charge is 2.25. The van der Waals surface area contributed by atoms with Crippen LogP contribution >= 0.6 is 7.47 Å². The van der Waals surface area contributed by atoms with Crippen LogP contribution in [0.2, 0.25) is 0 Å². The van der Waals surface area contributed by atoms with E-state index in [0.29, 0.717) is 11.5 Å². The number of unbranched alkanes of at least 4 members (excludes halogenated alkanes) is 2. The molecule has 0 saturated heterocycles. The Morgan fingerprint density at radius 2 is 1.24 bits per heavy atom. The van der Waals surface area contributed by atoms with Crippen LogP contribution in [-0.2, 0) is 12.8 Å². The van der Waals surface area contributed by atoms with Gasteiger partial charge in [0.15, 0.2) is 0 Å². The summed E-state index contributed by atoms with van der Waals surface area (Å²) in [5.74, 6) is 0.915. The Morgan fingerprint density at radius 3 is 1.71 bits per heavy atom. The van der Waals surface area contributed by atoms with E-state index in [2.05, 4.69) is 84.0 Å². The summed E-state index contributed by atoms with van der Waals surface area (Å²) in [5.41, 5.74) is 7.17. The lowest BCUT2D eigenvalue weighted by atomic mass is 10.0. The van der Waals surface area contributed by atoms with Gasteiger partial charge in [-0.1, -0.05) is 69.7 Å². The molecule has 3 aromatic rings. The molecular weight excluding hydrogens is 451 g/mol. The molecule has 0 aliphatic rings. The first-order chi connectivity index (χ1) is 16.3. The third-order valence-corrected chi connectivity index (χ3v) is 14.1. The smallest absolute Gasteiger partial charge is 0.126 e. The Kier molecular flexibility index (Phi) is 9.39. The molecular formula is C30H41O2PSi. The number of hydrogen-bond donors (Lipinski definition) is 2. The van der Waals surface area contributed by atoms with Crippen LogP contribution in [0.15, 0.2) is 42.5 Å². The maximum atomic E-state index is 11.5. The van der Waals surface area contributed by atoms with E-state index in [1.165, 1.54) is 27.4 Å². The second-order valence-corrected chi connectivity index (χ2v) is 15.5. The molecule has 3 aromatic carbocycles. The third-order valence-electron chi connectivity index (χ3n) is 6.85. The highest BCUT2D eigenvalue weighted by Crippen LogP contribution is 2.41. The zero-order chi connectivity index (χ0) is 24.8. The normalized spacial score (nSPS) is 11.7. The van der Waals surface area contributed by atoms with Crippen molar-refractivity contribution in [3.05, 3.63) is 75.8 Å². The molecule has 0 spiro atoms. The number of aromatic hydroxyl groups is 2. The van der Waals surface area contributed by atoms with Crippen LogP contribution in [0, 0.1) is 27.7 Å². The largest absolute Gasteiger partial charge is 0.507 e. The fourth-order valence-corrected chi connectivity index (χ4v) is 12.4. The van der Waals surface area contributed by atoms with E-state index in [1.54, 1.807) is 0 Å². The van der Waals surface area contributed by atoms with Gasteiger partial charge >= 0.3 is 0 Å². The lowest BCUT2D eigenvalue weighted by molar-refractivity contribution is 0.470. The lowest BCUT2D eigenvalue weighted by Gasteiger charge is -2.25. The number of phenols is 2. The van der Waals surface area contributed by atoms with Gasteiger partial charge in [0, 0.05) is 10.6 Å². The van der Waals surface area contributed by atoms with Gasteiger partial charge in [-0.2, -0.15) is 0 Å². The average molecular weight is 493 g/mol. The molecule has 0 bridgehead atoms. The van der Waals surface area contributed by atoms with Crippen molar-refractivity contribution in [3.63, 3.8) is 0 Å². The highest BCUT2D eigenvalue weighted by atomic mass is 31.4. The molecule has 0 radical (unpaired) electrons. The van der Waals surface area contributed by atoms with E-state index in [9.17, 15) is 10.2 Å². The summed E-state index contributed by atoms with van der Waals surface area (Å²) >= 11 is 0. The van der Waals surface area contributed by atoms with Crippen LogP contribution < -0.4 is 15.8 Å². The Balaban J connectivity index is 2.22. The Hall–Kier alpha value is -2.09. The lowest BCUT2D eigenvalue weighted by Crippen LogP contribution is -2.27. The predicted molar refractivity (Wildman–Crippen MR) is 153 cm³/mol. The molecule has 0 aromatic heterocycles. The fraction of sp³-hybridized carbons (Fsp3) is 0.400. The van der Waals surface area contributed by atoms with Gasteiger partial charge in [0.05, 0.1) is 9.19 Å². The molecule has 4 heteroatoms. The number of hydrogen-bond acceptors (Lipinski definition) is 2. The quantitative estimate of drug-likeness (QED) is 0.275. The fourth-order valence-electron chi connectivity index (χ4n) is 4.65. The molecule has 2 N–H and O–H groups in total. The summed E-state index contributed by atoms with van der Waals surface area (Å²) in [5, 5.41) is 26.5. The van der Waals surface area contributed by atoms with Crippen molar-refractivity contribution in [1.29, 1.82) is 0 Å². The van der Waals surface area contributed by atoms with Crippen molar-refractivity contribution in [1.82, 2.24) is 0 Å². The summed E-state index contributed by atoms with van der Waals surface area (Å²) in [7, 11) is -1.70. The standard InChI is InChI=1S/C30H41O2PSi/c1-7-9-13-24-16-20(3)18-26(29(24)31)33(34-28-15-11-12-22(5)23(28)6)27-19-21(4)17-25(30(27)32)14-10-8-2/h11-12,15-19,31-32H,7-10,13-14,34H2,1-6H3. The Labute approximate surface area is 209 Å². The minimum atomic E-state index is -0.853. The first kappa shape index (κ1) is 26.5. The zero-order valence-corrected chi connectivity index (χ0v) is 24.1. The van der Waals surface area contributed by atoms with Gasteiger partial charge < -0.3 is 10.2 Å². The number of phenolic OH excluding ortho intramolecular Hbond substituents is 2. The summed E-state index contributed by atoms with van der Waals surface area (Å²) in [6.07, 6.45) is 6.14. The van der Waals surface area contributed by atoms with E-state index in [-0.39, 0.29) is 0 Å². The number of aryl methyl sites for hydroxylation is 5. The van der Waals surface area contributed by atoms with E-state index in [4.69, 9.17) is 0 Å². The van der Waals surface area contributed by atoms with Gasteiger partial charge in [0.25, 0.3) is 0 Å². The van der Waals surface area contributed by atoms with Crippen LogP contribution in [0.4, 0.5) is 0 Å². The zero-order valence-electron chi connectivity index (χ0n) is 21.8. The van der Waals surface area contributed by atoms with E-state index >= 15 is 0 Å². The second-order valence-electron chi connectivity index (χ2n) is 9.74. The van der Waals surface area contributed by atoms with Crippen LogP contribution in [0.25, 0.3) is 0 Å². The maximum Gasteiger partial charge on any atom is 0.126 e. The molecule has 0 saturated carbocycles. The molecule has 0 amide bonds. The van der Waals surface area contributed by atoms with Crippen molar-refractivity contribution in [2.75, 3.05) is 0 Å². The molecule has 0 aliphatic heterocycles. The molecule has 182 valence electrons. The minimum absolute atomic E-state index is 0.457. The SMILES string of the molecule is CCCCc1cc(C)cc(P([SiH2]c2cccc(C)c2C)c2cc(C)cc(CCCC)c2O)c1O. The topological polar surface area (TPSA) is 40.5 Å². The van der Waals surface area contributed by atoms with E-state index < -0.39 is 16.7 Å². The summed E-state index contributed by atoms with van der Waals surface area (Å²) in [4.78, 5) is 0. The first-order valence-electron chi connectivity index (χ1n) is 12.7. The van der Waals surface area contributed by atoms with Crippen LogP contribution in [-0.4, -0.2) is 19.4 Å². The van der Waals surface area contributed by atoms with Crippen LogP contribution in [0.5, 0.6) is 11.5 Å². The molecule has 34 heavy (non-hydrogen) atoms. The third kappa shape index (κ3) is 6.12. The van der Waals surface area contributed by atoms with Crippen LogP contribution in [0.1, 0.15) is 72.9 Å². The Bertz CT molecular complexity index is 1080. The van der Waals surface area contributed by atoms with Gasteiger partial charge in [-0.15, -0.1) is 0 Å². The number of benzene rings is 3. The van der Waals surface area contributed by atoms with Gasteiger partial charge in [-0.25, -0.2) is 0 Å². The molecule has 3 rings (SSSR count). The average Bonchev–Trinajstić information content (AvgIpc) is 2.81. The minimum Gasteiger partial charge on any atom is -0.507 e. The van der Waals surface area contributed by atoms with Crippen molar-refractivity contribution < 1.29 is 10.2 Å².